The molecule has 0 amide bonds. The molecule has 0 atom stereocenters. The molecule has 0 aliphatic heterocycles. The van der Waals surface area contributed by atoms with Crippen molar-refractivity contribution in [1.82, 2.24) is 29.5 Å². The monoisotopic (exact) mass is 324 g/mol. The average molecular weight is 325 g/mol. The molecule has 3 rings (SSSR count). The maximum Gasteiger partial charge on any atom is 0.225 e. The van der Waals surface area contributed by atoms with Gasteiger partial charge in [0.2, 0.25) is 5.28 Å². The molecule has 0 aliphatic rings. The zero-order valence-electron chi connectivity index (χ0n) is 12.1. The predicted molar refractivity (Wildman–Crippen MR) is 82.3 cm³/mol. The summed E-state index contributed by atoms with van der Waals surface area (Å²) in [7, 11) is 0. The van der Waals surface area contributed by atoms with Gasteiger partial charge in [0.05, 0.1) is 16.8 Å². The molecular formula is C13H14Cl2N6. The number of nitrogens with zero attached hydrogens (tertiary/aromatic N) is 6. The van der Waals surface area contributed by atoms with Gasteiger partial charge in [-0.3, -0.25) is 4.68 Å². The van der Waals surface area contributed by atoms with E-state index >= 15 is 0 Å². The lowest BCUT2D eigenvalue weighted by atomic mass is 10.3. The number of hydrogen-bond donors (Lipinski definition) is 0. The molecule has 8 heteroatoms. The summed E-state index contributed by atoms with van der Waals surface area (Å²) < 4.78 is 3.70. The van der Waals surface area contributed by atoms with Gasteiger partial charge < -0.3 is 0 Å². The molecule has 0 radical (unpaired) electrons. The topological polar surface area (TPSA) is 61.4 Å². The van der Waals surface area contributed by atoms with Crippen LogP contribution >= 0.6 is 23.2 Å². The van der Waals surface area contributed by atoms with Crippen molar-refractivity contribution in [2.75, 3.05) is 0 Å². The molecule has 3 aromatic heterocycles. The lowest BCUT2D eigenvalue weighted by Gasteiger charge is -2.08. The van der Waals surface area contributed by atoms with E-state index in [2.05, 4.69) is 34.0 Å². The molecule has 0 aliphatic carbocycles. The summed E-state index contributed by atoms with van der Waals surface area (Å²) in [5.74, 6) is 0. The third kappa shape index (κ3) is 2.28. The Morgan fingerprint density at radius 3 is 2.43 bits per heavy atom. The first kappa shape index (κ1) is 14.3. The van der Waals surface area contributed by atoms with Crippen LogP contribution in [-0.4, -0.2) is 29.5 Å². The molecule has 3 heterocycles. The van der Waals surface area contributed by atoms with Gasteiger partial charge in [0.15, 0.2) is 5.65 Å². The van der Waals surface area contributed by atoms with Crippen molar-refractivity contribution in [3.63, 3.8) is 0 Å². The summed E-state index contributed by atoms with van der Waals surface area (Å²) in [6.45, 7) is 8.14. The SMILES string of the molecule is Cc1nn(C(C)C)c(C)c1-n1cc2c(Cl)nc(Cl)nc2n1. The van der Waals surface area contributed by atoms with E-state index < -0.39 is 0 Å². The molecule has 21 heavy (non-hydrogen) atoms. The zero-order chi connectivity index (χ0) is 15.3. The van der Waals surface area contributed by atoms with Crippen LogP contribution in [0.4, 0.5) is 0 Å². The first-order valence-corrected chi connectivity index (χ1v) is 7.28. The third-order valence-electron chi connectivity index (χ3n) is 3.31. The van der Waals surface area contributed by atoms with Crippen molar-refractivity contribution in [2.24, 2.45) is 0 Å². The first-order valence-electron chi connectivity index (χ1n) is 6.53. The highest BCUT2D eigenvalue weighted by Crippen LogP contribution is 2.26. The Morgan fingerprint density at radius 1 is 1.10 bits per heavy atom. The molecule has 0 N–H and O–H groups in total. The van der Waals surface area contributed by atoms with Crippen LogP contribution in [-0.2, 0) is 0 Å². The van der Waals surface area contributed by atoms with Gasteiger partial charge >= 0.3 is 0 Å². The van der Waals surface area contributed by atoms with Gasteiger partial charge in [-0.2, -0.15) is 10.1 Å². The zero-order valence-corrected chi connectivity index (χ0v) is 13.6. The predicted octanol–water partition coefficient (Wildman–Crippen LogP) is 3.52. The number of fused-ring (bicyclic) bond motifs is 1. The number of hydrogen-bond acceptors (Lipinski definition) is 4. The number of aryl methyl sites for hydroxylation is 1. The van der Waals surface area contributed by atoms with Crippen LogP contribution in [0.15, 0.2) is 6.20 Å². The minimum absolute atomic E-state index is 0.0871. The molecule has 6 nitrogen and oxygen atoms in total. The highest BCUT2D eigenvalue weighted by atomic mass is 35.5. The first-order chi connectivity index (χ1) is 9.88. The molecule has 0 bridgehead atoms. The smallest absolute Gasteiger partial charge is 0.225 e. The van der Waals surface area contributed by atoms with Gasteiger partial charge in [-0.25, -0.2) is 9.67 Å². The van der Waals surface area contributed by atoms with Crippen molar-refractivity contribution >= 4 is 34.2 Å². The van der Waals surface area contributed by atoms with Gasteiger partial charge in [0.1, 0.15) is 10.8 Å². The van der Waals surface area contributed by atoms with Crippen LogP contribution in [0.25, 0.3) is 16.7 Å². The Kier molecular flexibility index (Phi) is 3.37. The van der Waals surface area contributed by atoms with Gasteiger partial charge in [0.25, 0.3) is 0 Å². The summed E-state index contributed by atoms with van der Waals surface area (Å²) in [6.07, 6.45) is 1.80. The van der Waals surface area contributed by atoms with Gasteiger partial charge in [-0.15, -0.1) is 5.10 Å². The van der Waals surface area contributed by atoms with E-state index in [4.69, 9.17) is 23.2 Å². The Morgan fingerprint density at radius 2 is 1.81 bits per heavy atom. The fourth-order valence-corrected chi connectivity index (χ4v) is 2.87. The standard InChI is InChI=1S/C13H14Cl2N6/c1-6(2)21-8(4)10(7(3)18-21)20-5-9-11(14)16-13(15)17-12(9)19-20/h5-6H,1-4H3. The fourth-order valence-electron chi connectivity index (χ4n) is 2.45. The van der Waals surface area contributed by atoms with Crippen LogP contribution < -0.4 is 0 Å². The lowest BCUT2D eigenvalue weighted by Crippen LogP contribution is -2.05. The van der Waals surface area contributed by atoms with E-state index in [-0.39, 0.29) is 11.3 Å². The highest BCUT2D eigenvalue weighted by Gasteiger charge is 2.18. The van der Waals surface area contributed by atoms with E-state index in [0.29, 0.717) is 16.2 Å². The largest absolute Gasteiger partial charge is 0.265 e. The van der Waals surface area contributed by atoms with Crippen molar-refractivity contribution in [3.8, 4) is 5.69 Å². The summed E-state index contributed by atoms with van der Waals surface area (Å²) in [6, 6.07) is 0.278. The van der Waals surface area contributed by atoms with Gasteiger partial charge in [-0.05, 0) is 39.3 Å². The third-order valence-corrected chi connectivity index (χ3v) is 3.77. The van der Waals surface area contributed by atoms with Crippen LogP contribution in [0.3, 0.4) is 0 Å². The second kappa shape index (κ2) is 4.96. The lowest BCUT2D eigenvalue weighted by molar-refractivity contribution is 0.516. The van der Waals surface area contributed by atoms with E-state index in [9.17, 15) is 0 Å². The highest BCUT2D eigenvalue weighted by molar-refractivity contribution is 6.35. The summed E-state index contributed by atoms with van der Waals surface area (Å²) >= 11 is 11.9. The normalized spacial score (nSPS) is 11.8. The summed E-state index contributed by atoms with van der Waals surface area (Å²) in [4.78, 5) is 8.03. The Hall–Kier alpha value is -1.66. The number of rotatable bonds is 2. The molecule has 0 spiro atoms. The van der Waals surface area contributed by atoms with Crippen molar-refractivity contribution in [2.45, 2.75) is 33.7 Å². The van der Waals surface area contributed by atoms with E-state index in [1.54, 1.807) is 10.9 Å². The quantitative estimate of drug-likeness (QED) is 0.534. The minimum Gasteiger partial charge on any atom is -0.265 e. The Bertz CT molecular complexity index is 833. The minimum atomic E-state index is 0.0871. The van der Waals surface area contributed by atoms with Crippen LogP contribution in [0.1, 0.15) is 31.3 Å². The van der Waals surface area contributed by atoms with Crippen LogP contribution in [0.5, 0.6) is 0 Å². The molecule has 0 unspecified atom stereocenters. The Labute approximate surface area is 131 Å². The average Bonchev–Trinajstić information content (AvgIpc) is 2.90. The van der Waals surface area contributed by atoms with Crippen LogP contribution in [0, 0.1) is 13.8 Å². The second-order valence-corrected chi connectivity index (χ2v) is 5.85. The van der Waals surface area contributed by atoms with E-state index in [1.165, 1.54) is 0 Å². The number of halogens is 2. The van der Waals surface area contributed by atoms with Crippen molar-refractivity contribution in [3.05, 3.63) is 28.0 Å². The molecule has 0 saturated heterocycles. The van der Waals surface area contributed by atoms with Gasteiger partial charge in [0, 0.05) is 12.2 Å². The molecule has 3 aromatic rings. The summed E-state index contributed by atoms with van der Waals surface area (Å²) in [5, 5.41) is 10.0. The summed E-state index contributed by atoms with van der Waals surface area (Å²) in [5.41, 5.74) is 3.32. The maximum atomic E-state index is 6.09. The van der Waals surface area contributed by atoms with Crippen molar-refractivity contribution < 1.29 is 0 Å². The Balaban J connectivity index is 2.24. The molecular weight excluding hydrogens is 311 g/mol. The van der Waals surface area contributed by atoms with Gasteiger partial charge in [-0.1, -0.05) is 11.6 Å². The van der Waals surface area contributed by atoms with E-state index in [0.717, 1.165) is 17.1 Å². The second-order valence-electron chi connectivity index (χ2n) is 5.15. The number of aromatic nitrogens is 6. The molecule has 0 fully saturated rings. The molecule has 0 saturated carbocycles. The molecule has 110 valence electrons. The van der Waals surface area contributed by atoms with Crippen LogP contribution in [0.2, 0.25) is 10.4 Å². The molecule has 0 aromatic carbocycles. The van der Waals surface area contributed by atoms with E-state index in [1.807, 2.05) is 18.5 Å². The van der Waals surface area contributed by atoms with Crippen molar-refractivity contribution in [1.29, 1.82) is 0 Å². The fraction of sp³-hybridized carbons (Fsp3) is 0.385. The maximum absolute atomic E-state index is 6.09.